The highest BCUT2D eigenvalue weighted by atomic mass is 35.5. The summed E-state index contributed by atoms with van der Waals surface area (Å²) in [6.07, 6.45) is -5.19. The third kappa shape index (κ3) is 6.17. The van der Waals surface area contributed by atoms with Crippen LogP contribution in [0, 0.1) is 11.7 Å². The maximum Gasteiger partial charge on any atom is 0.430 e. The first-order valence-corrected chi connectivity index (χ1v) is 7.67. The molecule has 0 bridgehead atoms. The molecule has 1 heterocycles. The summed E-state index contributed by atoms with van der Waals surface area (Å²) in [6.45, 7) is 3.53. The van der Waals surface area contributed by atoms with Crippen molar-refractivity contribution in [3.8, 4) is 0 Å². The lowest BCUT2D eigenvalue weighted by Gasteiger charge is -2.16. The van der Waals surface area contributed by atoms with E-state index in [-0.39, 0.29) is 23.6 Å². The number of nitrogens with two attached hydrogens (primary N) is 1. The number of carboxylic acid groups (broad SMARTS) is 1. The van der Waals surface area contributed by atoms with E-state index >= 15 is 0 Å². The van der Waals surface area contributed by atoms with Gasteiger partial charge in [-0.1, -0.05) is 11.6 Å². The van der Waals surface area contributed by atoms with E-state index in [4.69, 9.17) is 26.2 Å². The third-order valence-electron chi connectivity index (χ3n) is 3.51. The molecule has 0 radical (unpaired) electrons. The van der Waals surface area contributed by atoms with Gasteiger partial charge in [0.1, 0.15) is 17.7 Å². The first-order chi connectivity index (χ1) is 11.6. The smallest absolute Gasteiger partial charge is 0.430 e. The molecule has 0 saturated carbocycles. The Balaban J connectivity index is 0.000000381. The van der Waals surface area contributed by atoms with Crippen molar-refractivity contribution in [3.63, 3.8) is 0 Å². The molecule has 10 heteroatoms. The number of alkyl halides is 3. The fraction of sp³-hybridized carbons (Fsp3) is 0.467. The molecule has 1 aromatic rings. The van der Waals surface area contributed by atoms with Crippen LogP contribution >= 0.6 is 11.6 Å². The van der Waals surface area contributed by atoms with Crippen molar-refractivity contribution in [1.29, 1.82) is 0 Å². The molecule has 0 aliphatic carbocycles. The Morgan fingerprint density at radius 1 is 1.36 bits per heavy atom. The molecule has 0 spiro atoms. The molecule has 1 saturated heterocycles. The maximum absolute atomic E-state index is 13.3. The van der Waals surface area contributed by atoms with Gasteiger partial charge >= 0.3 is 12.1 Å². The van der Waals surface area contributed by atoms with Crippen LogP contribution in [0.2, 0.25) is 5.02 Å². The standard InChI is InChI=1S/C13H15ClFNO2.C2HF3O2/c1-2-18-13(17)11-7-16-6-10(11)9-5-8(15)3-4-12(9)14;3-2(4,5)1(6)7/h3-5,10-11,16H,2,6-7H2,1H3;(H,6,7)/t10-,11-;/m1./s1. The van der Waals surface area contributed by atoms with E-state index in [9.17, 15) is 22.4 Å². The highest BCUT2D eigenvalue weighted by molar-refractivity contribution is 6.31. The number of carbonyl (C=O) groups is 2. The van der Waals surface area contributed by atoms with Crippen LogP contribution in [0.4, 0.5) is 17.6 Å². The second kappa shape index (κ2) is 9.00. The summed E-state index contributed by atoms with van der Waals surface area (Å²) in [7, 11) is 0. The number of carbonyl (C=O) groups excluding carboxylic acids is 2. The van der Waals surface area contributed by atoms with Crippen molar-refractivity contribution < 1.29 is 42.3 Å². The Bertz CT molecular complexity index is 624. The normalized spacial score (nSPS) is 19.8. The molecule has 140 valence electrons. The van der Waals surface area contributed by atoms with Gasteiger partial charge in [-0.25, -0.2) is 4.39 Å². The Labute approximate surface area is 145 Å². The van der Waals surface area contributed by atoms with Crippen molar-refractivity contribution in [3.05, 3.63) is 34.6 Å². The van der Waals surface area contributed by atoms with E-state index < -0.39 is 12.1 Å². The van der Waals surface area contributed by atoms with Gasteiger partial charge in [0, 0.05) is 5.02 Å². The molecular weight excluding hydrogens is 370 g/mol. The average molecular weight is 386 g/mol. The SMILES string of the molecule is CCOC(=O)[C@@H]1C[NH2+]C[C@@H]1c1cc(F)ccc1Cl.O=C([O-])C(F)(F)F. The summed E-state index contributed by atoms with van der Waals surface area (Å²) in [5, 5.41) is 11.3. The maximum atomic E-state index is 13.3. The topological polar surface area (TPSA) is 83.0 Å². The predicted octanol–water partition coefficient (Wildman–Crippen LogP) is 0.618. The molecule has 0 unspecified atom stereocenters. The summed E-state index contributed by atoms with van der Waals surface area (Å²) in [5.41, 5.74) is 0.698. The number of hydrogen-bond donors (Lipinski definition) is 1. The van der Waals surface area contributed by atoms with Crippen LogP contribution in [0.5, 0.6) is 0 Å². The molecular formula is C15H16ClF4NO4. The van der Waals surface area contributed by atoms with Crippen molar-refractivity contribution in [2.45, 2.75) is 19.0 Å². The van der Waals surface area contributed by atoms with E-state index in [2.05, 4.69) is 0 Å². The zero-order valence-corrected chi connectivity index (χ0v) is 13.9. The molecule has 2 rings (SSSR count). The molecule has 1 fully saturated rings. The van der Waals surface area contributed by atoms with Crippen LogP contribution in [0.1, 0.15) is 18.4 Å². The molecule has 1 aromatic carbocycles. The minimum Gasteiger partial charge on any atom is -0.542 e. The molecule has 25 heavy (non-hydrogen) atoms. The van der Waals surface area contributed by atoms with Gasteiger partial charge in [0.2, 0.25) is 0 Å². The largest absolute Gasteiger partial charge is 0.542 e. The number of ether oxygens (including phenoxy) is 1. The zero-order valence-electron chi connectivity index (χ0n) is 13.1. The number of rotatable bonds is 3. The fourth-order valence-corrected chi connectivity index (χ4v) is 2.69. The van der Waals surface area contributed by atoms with Gasteiger partial charge in [0.15, 0.2) is 0 Å². The monoisotopic (exact) mass is 385 g/mol. The third-order valence-corrected chi connectivity index (χ3v) is 3.85. The second-order valence-electron chi connectivity index (χ2n) is 5.18. The lowest BCUT2D eigenvalue weighted by molar-refractivity contribution is -0.638. The first-order valence-electron chi connectivity index (χ1n) is 7.29. The summed E-state index contributed by atoms with van der Waals surface area (Å²) in [6, 6.07) is 4.27. The molecule has 2 N–H and O–H groups in total. The highest BCUT2D eigenvalue weighted by Gasteiger charge is 2.39. The van der Waals surface area contributed by atoms with Crippen molar-refractivity contribution in [2.24, 2.45) is 5.92 Å². The average Bonchev–Trinajstić information content (AvgIpc) is 2.99. The Kier molecular flexibility index (Phi) is 7.62. The Morgan fingerprint density at radius 2 is 1.96 bits per heavy atom. The first kappa shape index (κ1) is 21.2. The van der Waals surface area contributed by atoms with E-state index in [1.54, 1.807) is 6.92 Å². The minimum absolute atomic E-state index is 0.0766. The molecule has 1 aliphatic heterocycles. The van der Waals surface area contributed by atoms with Crippen LogP contribution in [-0.4, -0.2) is 37.8 Å². The Hall–Kier alpha value is -1.87. The van der Waals surface area contributed by atoms with Crippen LogP contribution in [0.15, 0.2) is 18.2 Å². The molecule has 2 atom stereocenters. The number of benzene rings is 1. The van der Waals surface area contributed by atoms with Crippen molar-refractivity contribution >= 4 is 23.5 Å². The summed E-state index contributed by atoms with van der Waals surface area (Å²) < 4.78 is 49.9. The number of esters is 1. The number of hydrogen-bond acceptors (Lipinski definition) is 4. The van der Waals surface area contributed by atoms with Crippen LogP contribution in [0.3, 0.4) is 0 Å². The highest BCUT2D eigenvalue weighted by Crippen LogP contribution is 2.32. The van der Waals surface area contributed by atoms with E-state index in [1.165, 1.54) is 18.2 Å². The molecule has 5 nitrogen and oxygen atoms in total. The molecule has 0 aromatic heterocycles. The second-order valence-corrected chi connectivity index (χ2v) is 5.58. The van der Waals surface area contributed by atoms with Crippen LogP contribution in [-0.2, 0) is 14.3 Å². The van der Waals surface area contributed by atoms with E-state index in [0.717, 1.165) is 6.54 Å². The zero-order chi connectivity index (χ0) is 19.2. The van der Waals surface area contributed by atoms with E-state index in [1.807, 2.05) is 5.32 Å². The summed E-state index contributed by atoms with van der Waals surface area (Å²) >= 11 is 6.09. The van der Waals surface area contributed by atoms with Crippen molar-refractivity contribution in [2.75, 3.05) is 19.7 Å². The summed E-state index contributed by atoms with van der Waals surface area (Å²) in [4.78, 5) is 20.6. The van der Waals surface area contributed by atoms with E-state index in [0.29, 0.717) is 23.7 Å². The quantitative estimate of drug-likeness (QED) is 0.610. The van der Waals surface area contributed by atoms with Gasteiger partial charge < -0.3 is 20.0 Å². The van der Waals surface area contributed by atoms with Crippen molar-refractivity contribution in [1.82, 2.24) is 0 Å². The van der Waals surface area contributed by atoms with Gasteiger partial charge in [0.25, 0.3) is 0 Å². The van der Waals surface area contributed by atoms with Gasteiger partial charge in [-0.2, -0.15) is 13.2 Å². The van der Waals surface area contributed by atoms with Gasteiger partial charge in [0.05, 0.1) is 25.6 Å². The number of aliphatic carboxylic acids is 1. The number of quaternary nitrogens is 1. The Morgan fingerprint density at radius 3 is 2.48 bits per heavy atom. The van der Waals surface area contributed by atoms with Gasteiger partial charge in [-0.05, 0) is 30.7 Å². The van der Waals surface area contributed by atoms with Gasteiger partial charge in [-0.15, -0.1) is 0 Å². The van der Waals surface area contributed by atoms with Gasteiger partial charge in [-0.3, -0.25) is 4.79 Å². The predicted molar refractivity (Wildman–Crippen MR) is 77.0 cm³/mol. The van der Waals surface area contributed by atoms with Crippen LogP contribution in [0.25, 0.3) is 0 Å². The fourth-order valence-electron chi connectivity index (χ4n) is 2.44. The minimum atomic E-state index is -5.19. The molecule has 1 aliphatic rings. The van der Waals surface area contributed by atoms with Crippen LogP contribution < -0.4 is 10.4 Å². The number of halogens is 5. The molecule has 0 amide bonds. The number of carboxylic acids is 1. The lowest BCUT2D eigenvalue weighted by atomic mass is 9.89. The summed E-state index contributed by atoms with van der Waals surface area (Å²) in [5.74, 6) is -3.88. The lowest BCUT2D eigenvalue weighted by Crippen LogP contribution is -2.81.